The lowest BCUT2D eigenvalue weighted by atomic mass is 10.1. The van der Waals surface area contributed by atoms with Gasteiger partial charge < -0.3 is 15.1 Å². The maximum absolute atomic E-state index is 13.5. The first kappa shape index (κ1) is 25.2. The fraction of sp³-hybridized carbons (Fsp3) is 0.111. The highest BCUT2D eigenvalue weighted by atomic mass is 35.5. The van der Waals surface area contributed by atoms with E-state index in [4.69, 9.17) is 16.0 Å². The standard InChI is InChI=1S/C27H21ClN4O5S/c28-18-3-1-4-19(14-18)30-24(34)16-31-22-10-12-38-25(22)26(35)32(27(31)36)20-8-6-17(7-9-20)13-23(33)29-15-21-5-2-11-37-21/h1-12,14H,13,15-16H2,(H,29,33)(H,30,34). The highest BCUT2D eigenvalue weighted by Gasteiger charge is 2.18. The van der Waals surface area contributed by atoms with E-state index in [0.717, 1.165) is 4.57 Å². The zero-order valence-corrected chi connectivity index (χ0v) is 21.4. The summed E-state index contributed by atoms with van der Waals surface area (Å²) < 4.78 is 7.86. The Morgan fingerprint density at radius 1 is 0.974 bits per heavy atom. The minimum Gasteiger partial charge on any atom is -0.467 e. The van der Waals surface area contributed by atoms with Gasteiger partial charge in [-0.1, -0.05) is 29.8 Å². The summed E-state index contributed by atoms with van der Waals surface area (Å²) in [5, 5.41) is 7.66. The molecule has 5 aromatic rings. The summed E-state index contributed by atoms with van der Waals surface area (Å²) in [4.78, 5) is 51.7. The van der Waals surface area contributed by atoms with E-state index in [0.29, 0.717) is 37.9 Å². The summed E-state index contributed by atoms with van der Waals surface area (Å²) in [7, 11) is 0. The Balaban J connectivity index is 1.38. The van der Waals surface area contributed by atoms with Crippen LogP contribution in [0, 0.1) is 0 Å². The van der Waals surface area contributed by atoms with Gasteiger partial charge in [-0.2, -0.15) is 0 Å². The molecule has 0 saturated carbocycles. The molecule has 2 aromatic carbocycles. The normalized spacial score (nSPS) is 11.0. The second-order valence-electron chi connectivity index (χ2n) is 8.40. The summed E-state index contributed by atoms with van der Waals surface area (Å²) >= 11 is 7.18. The van der Waals surface area contributed by atoms with Crippen LogP contribution in [0.15, 0.2) is 92.4 Å². The predicted molar refractivity (Wildman–Crippen MR) is 146 cm³/mol. The fourth-order valence-corrected chi connectivity index (χ4v) is 5.00. The van der Waals surface area contributed by atoms with Crippen molar-refractivity contribution in [3.8, 4) is 5.69 Å². The number of aromatic nitrogens is 2. The quantitative estimate of drug-likeness (QED) is 0.304. The number of nitrogens with zero attached hydrogens (tertiary/aromatic N) is 2. The number of fused-ring (bicyclic) bond motifs is 1. The van der Waals surface area contributed by atoms with Crippen LogP contribution >= 0.6 is 22.9 Å². The second kappa shape index (κ2) is 10.9. The first-order valence-electron chi connectivity index (χ1n) is 11.6. The SMILES string of the molecule is O=C(Cc1ccc(-n2c(=O)c3sccc3n(CC(=O)Nc3cccc(Cl)c3)c2=O)cc1)NCc1ccco1. The van der Waals surface area contributed by atoms with E-state index in [2.05, 4.69) is 10.6 Å². The van der Waals surface area contributed by atoms with E-state index in [-0.39, 0.29) is 25.4 Å². The molecule has 2 amide bonds. The summed E-state index contributed by atoms with van der Waals surface area (Å²) in [5.41, 5.74) is 0.791. The molecule has 5 rings (SSSR count). The summed E-state index contributed by atoms with van der Waals surface area (Å²) in [6.07, 6.45) is 1.66. The molecule has 0 atom stereocenters. The van der Waals surface area contributed by atoms with Gasteiger partial charge in [0.2, 0.25) is 11.8 Å². The molecular formula is C27H21ClN4O5S. The van der Waals surface area contributed by atoms with Crippen molar-refractivity contribution in [2.24, 2.45) is 0 Å². The zero-order chi connectivity index (χ0) is 26.6. The number of carbonyl (C=O) groups excluding carboxylic acids is 2. The van der Waals surface area contributed by atoms with Crippen LogP contribution < -0.4 is 21.9 Å². The number of halogens is 1. The van der Waals surface area contributed by atoms with Crippen molar-refractivity contribution in [2.45, 2.75) is 19.5 Å². The van der Waals surface area contributed by atoms with Gasteiger partial charge in [-0.3, -0.25) is 19.0 Å². The van der Waals surface area contributed by atoms with E-state index >= 15 is 0 Å². The van der Waals surface area contributed by atoms with Crippen LogP contribution in [-0.2, 0) is 29.1 Å². The van der Waals surface area contributed by atoms with Gasteiger partial charge in [0.15, 0.2) is 0 Å². The van der Waals surface area contributed by atoms with E-state index in [1.54, 1.807) is 72.1 Å². The molecule has 2 N–H and O–H groups in total. The lowest BCUT2D eigenvalue weighted by molar-refractivity contribution is -0.120. The molecule has 0 spiro atoms. The smallest absolute Gasteiger partial charge is 0.336 e. The number of thiophene rings is 1. The third kappa shape index (κ3) is 5.46. The second-order valence-corrected chi connectivity index (χ2v) is 9.75. The van der Waals surface area contributed by atoms with Crippen LogP contribution in [0.3, 0.4) is 0 Å². The maximum atomic E-state index is 13.5. The minimum absolute atomic E-state index is 0.119. The summed E-state index contributed by atoms with van der Waals surface area (Å²) in [6, 6.07) is 18.4. The number of anilines is 1. The maximum Gasteiger partial charge on any atom is 0.336 e. The average Bonchev–Trinajstić information content (AvgIpc) is 3.59. The van der Waals surface area contributed by atoms with Crippen molar-refractivity contribution in [3.63, 3.8) is 0 Å². The van der Waals surface area contributed by atoms with Crippen molar-refractivity contribution >= 4 is 50.7 Å². The highest BCUT2D eigenvalue weighted by Crippen LogP contribution is 2.18. The first-order valence-corrected chi connectivity index (χ1v) is 12.8. The minimum atomic E-state index is -0.647. The largest absolute Gasteiger partial charge is 0.467 e. The van der Waals surface area contributed by atoms with Crippen LogP contribution in [0.4, 0.5) is 5.69 Å². The molecule has 0 aliphatic carbocycles. The number of benzene rings is 2. The molecule has 9 nitrogen and oxygen atoms in total. The van der Waals surface area contributed by atoms with Gasteiger partial charge in [-0.25, -0.2) is 9.36 Å². The van der Waals surface area contributed by atoms with E-state index in [1.165, 1.54) is 22.2 Å². The lowest BCUT2D eigenvalue weighted by Crippen LogP contribution is -2.40. The molecule has 0 radical (unpaired) electrons. The number of amides is 2. The highest BCUT2D eigenvalue weighted by molar-refractivity contribution is 7.17. The number of hydrogen-bond acceptors (Lipinski definition) is 6. The molecule has 11 heteroatoms. The molecule has 0 aliphatic rings. The molecular weight excluding hydrogens is 528 g/mol. The monoisotopic (exact) mass is 548 g/mol. The van der Waals surface area contributed by atoms with Crippen LogP contribution in [-0.4, -0.2) is 20.9 Å². The van der Waals surface area contributed by atoms with Gasteiger partial charge in [-0.05, 0) is 59.5 Å². The topological polar surface area (TPSA) is 115 Å². The van der Waals surface area contributed by atoms with Gasteiger partial charge in [0.05, 0.1) is 30.4 Å². The van der Waals surface area contributed by atoms with E-state index in [9.17, 15) is 19.2 Å². The Hall–Kier alpha value is -4.41. The van der Waals surface area contributed by atoms with Crippen LogP contribution in [0.25, 0.3) is 15.9 Å². The van der Waals surface area contributed by atoms with Crippen molar-refractivity contribution < 1.29 is 14.0 Å². The molecule has 0 bridgehead atoms. The number of nitrogens with one attached hydrogen (secondary N) is 2. The predicted octanol–water partition coefficient (Wildman–Crippen LogP) is 3.96. The molecule has 192 valence electrons. The van der Waals surface area contributed by atoms with Crippen LogP contribution in [0.1, 0.15) is 11.3 Å². The molecule has 3 heterocycles. The van der Waals surface area contributed by atoms with E-state index in [1.807, 2.05) is 0 Å². The Morgan fingerprint density at radius 3 is 2.53 bits per heavy atom. The van der Waals surface area contributed by atoms with Gasteiger partial charge in [0.1, 0.15) is 17.0 Å². The Labute approximate surface area is 224 Å². The van der Waals surface area contributed by atoms with Crippen molar-refractivity contribution in [2.75, 3.05) is 5.32 Å². The fourth-order valence-electron chi connectivity index (χ4n) is 3.99. The molecule has 38 heavy (non-hydrogen) atoms. The zero-order valence-electron chi connectivity index (χ0n) is 19.8. The first-order chi connectivity index (χ1) is 18.4. The number of rotatable bonds is 8. The van der Waals surface area contributed by atoms with Crippen LogP contribution in [0.5, 0.6) is 0 Å². The molecule has 0 saturated heterocycles. The Bertz CT molecular complexity index is 1740. The molecule has 0 aliphatic heterocycles. The third-order valence-electron chi connectivity index (χ3n) is 5.76. The summed E-state index contributed by atoms with van der Waals surface area (Å²) in [6.45, 7) is -0.0165. The Morgan fingerprint density at radius 2 is 1.79 bits per heavy atom. The van der Waals surface area contributed by atoms with Crippen LogP contribution in [0.2, 0.25) is 5.02 Å². The number of carbonyl (C=O) groups is 2. The lowest BCUT2D eigenvalue weighted by Gasteiger charge is -2.13. The molecule has 0 unspecified atom stereocenters. The molecule has 3 aromatic heterocycles. The van der Waals surface area contributed by atoms with Crippen molar-refractivity contribution in [1.82, 2.24) is 14.5 Å². The number of furan rings is 1. The van der Waals surface area contributed by atoms with Gasteiger partial charge in [0.25, 0.3) is 5.56 Å². The van der Waals surface area contributed by atoms with Gasteiger partial charge in [-0.15, -0.1) is 11.3 Å². The van der Waals surface area contributed by atoms with Gasteiger partial charge >= 0.3 is 5.69 Å². The average molecular weight is 549 g/mol. The van der Waals surface area contributed by atoms with Crippen molar-refractivity contribution in [3.05, 3.63) is 116 Å². The summed E-state index contributed by atoms with van der Waals surface area (Å²) in [5.74, 6) is 0.0111. The van der Waals surface area contributed by atoms with E-state index < -0.39 is 17.2 Å². The third-order valence-corrected chi connectivity index (χ3v) is 6.89. The molecule has 0 fully saturated rings. The van der Waals surface area contributed by atoms with Gasteiger partial charge in [0, 0.05) is 10.7 Å². The van der Waals surface area contributed by atoms with Crippen molar-refractivity contribution in [1.29, 1.82) is 0 Å². The number of hydrogen-bond donors (Lipinski definition) is 2. The Kier molecular flexibility index (Phi) is 7.25.